The number of hydrogen-bond acceptors (Lipinski definition) is 5. The van der Waals surface area contributed by atoms with Crippen LogP contribution in [0.15, 0.2) is 29.6 Å². The van der Waals surface area contributed by atoms with Gasteiger partial charge < -0.3 is 20.9 Å². The molecule has 0 radical (unpaired) electrons. The molecular formula is C29H47N5O2. The van der Waals surface area contributed by atoms with Crippen LogP contribution in [-0.2, 0) is 22.4 Å². The van der Waals surface area contributed by atoms with E-state index in [4.69, 9.17) is 0 Å². The normalized spacial score (nSPS) is 16.6. The molecule has 1 aromatic rings. The van der Waals surface area contributed by atoms with Crippen LogP contribution in [-0.4, -0.2) is 60.5 Å². The Morgan fingerprint density at radius 2 is 1.92 bits per heavy atom. The number of pyridine rings is 1. The van der Waals surface area contributed by atoms with Crippen molar-refractivity contribution >= 4 is 11.8 Å². The van der Waals surface area contributed by atoms with Gasteiger partial charge in [0.05, 0.1) is 13.1 Å². The van der Waals surface area contributed by atoms with Gasteiger partial charge >= 0.3 is 0 Å². The predicted molar refractivity (Wildman–Crippen MR) is 145 cm³/mol. The third-order valence-electron chi connectivity index (χ3n) is 7.29. The van der Waals surface area contributed by atoms with Crippen LogP contribution in [0.4, 0.5) is 0 Å². The Bertz CT molecular complexity index is 889. The number of carbonyl (C=O) groups excluding carboxylic acids is 2. The van der Waals surface area contributed by atoms with Gasteiger partial charge in [-0.25, -0.2) is 0 Å². The molecule has 0 spiro atoms. The third kappa shape index (κ3) is 8.61. The molecule has 200 valence electrons. The summed E-state index contributed by atoms with van der Waals surface area (Å²) in [6, 6.07) is 4.49. The first kappa shape index (κ1) is 28.2. The van der Waals surface area contributed by atoms with Gasteiger partial charge in [-0.15, -0.1) is 0 Å². The average Bonchev–Trinajstić information content (AvgIpc) is 3.66. The molecule has 2 amide bonds. The van der Waals surface area contributed by atoms with Gasteiger partial charge in [0, 0.05) is 36.7 Å². The maximum atomic E-state index is 12.7. The number of nitrogens with one attached hydrogen (secondary N) is 3. The molecule has 2 unspecified atom stereocenters. The van der Waals surface area contributed by atoms with Crippen molar-refractivity contribution in [3.05, 3.63) is 40.9 Å². The Hall–Kier alpha value is -2.41. The lowest BCUT2D eigenvalue weighted by molar-refractivity contribution is -0.126. The summed E-state index contributed by atoms with van der Waals surface area (Å²) >= 11 is 0. The lowest BCUT2D eigenvalue weighted by Crippen LogP contribution is -2.46. The SMILES string of the molecule is CCCNC(C(=C1CCC1)N(C)CC(=O)NCC(=O)NC(C)CCc1ncccc1CCC)C1CC1. The van der Waals surface area contributed by atoms with Gasteiger partial charge in [0.25, 0.3) is 0 Å². The molecule has 2 aliphatic rings. The van der Waals surface area contributed by atoms with E-state index in [9.17, 15) is 9.59 Å². The van der Waals surface area contributed by atoms with Crippen molar-refractivity contribution in [1.29, 1.82) is 0 Å². The number of aromatic nitrogens is 1. The summed E-state index contributed by atoms with van der Waals surface area (Å²) < 4.78 is 0. The van der Waals surface area contributed by atoms with Crippen LogP contribution in [0.5, 0.6) is 0 Å². The molecule has 0 saturated heterocycles. The Kier molecular flexibility index (Phi) is 11.2. The first-order valence-corrected chi connectivity index (χ1v) is 14.1. The molecule has 0 aliphatic heterocycles. The highest BCUT2D eigenvalue weighted by molar-refractivity contribution is 5.85. The summed E-state index contributed by atoms with van der Waals surface area (Å²) in [6.07, 6.45) is 12.7. The number of hydrogen-bond donors (Lipinski definition) is 3. The summed E-state index contributed by atoms with van der Waals surface area (Å²) in [6.45, 7) is 7.65. The van der Waals surface area contributed by atoms with Gasteiger partial charge in [0.1, 0.15) is 0 Å². The number of rotatable bonds is 16. The zero-order chi connectivity index (χ0) is 25.9. The molecule has 7 heteroatoms. The fraction of sp³-hybridized carbons (Fsp3) is 0.690. The summed E-state index contributed by atoms with van der Waals surface area (Å²) in [5.74, 6) is 0.424. The van der Waals surface area contributed by atoms with E-state index in [2.05, 4.69) is 45.7 Å². The Morgan fingerprint density at radius 3 is 2.56 bits per heavy atom. The largest absolute Gasteiger partial charge is 0.367 e. The molecule has 1 aromatic heterocycles. The van der Waals surface area contributed by atoms with Crippen molar-refractivity contribution in [1.82, 2.24) is 25.8 Å². The van der Waals surface area contributed by atoms with Crippen LogP contribution in [0.25, 0.3) is 0 Å². The Balaban J connectivity index is 1.43. The first-order valence-electron chi connectivity index (χ1n) is 14.1. The monoisotopic (exact) mass is 497 g/mol. The molecule has 36 heavy (non-hydrogen) atoms. The molecule has 2 saturated carbocycles. The van der Waals surface area contributed by atoms with Crippen LogP contribution in [0.2, 0.25) is 0 Å². The maximum Gasteiger partial charge on any atom is 0.239 e. The first-order chi connectivity index (χ1) is 17.4. The van der Waals surface area contributed by atoms with Crippen LogP contribution < -0.4 is 16.0 Å². The number of allylic oxidation sites excluding steroid dienone is 1. The van der Waals surface area contributed by atoms with Gasteiger partial charge in [-0.1, -0.05) is 26.3 Å². The average molecular weight is 498 g/mol. The molecular weight excluding hydrogens is 450 g/mol. The zero-order valence-corrected chi connectivity index (χ0v) is 22.9. The molecule has 3 N–H and O–H groups in total. The molecule has 2 aliphatic carbocycles. The molecule has 3 rings (SSSR count). The fourth-order valence-electron chi connectivity index (χ4n) is 5.03. The third-order valence-corrected chi connectivity index (χ3v) is 7.29. The van der Waals surface area contributed by atoms with Gasteiger partial charge in [-0.2, -0.15) is 0 Å². The van der Waals surface area contributed by atoms with Crippen molar-refractivity contribution in [2.45, 2.75) is 97.1 Å². The minimum Gasteiger partial charge on any atom is -0.367 e. The Labute approximate surface area is 217 Å². The van der Waals surface area contributed by atoms with Crippen molar-refractivity contribution in [3.63, 3.8) is 0 Å². The molecule has 0 bridgehead atoms. The van der Waals surface area contributed by atoms with E-state index in [-0.39, 0.29) is 30.9 Å². The van der Waals surface area contributed by atoms with E-state index in [0.717, 1.165) is 57.2 Å². The summed E-state index contributed by atoms with van der Waals surface area (Å²) in [5.41, 5.74) is 5.22. The highest BCUT2D eigenvalue weighted by Gasteiger charge is 2.37. The second kappa shape index (κ2) is 14.4. The van der Waals surface area contributed by atoms with E-state index in [1.54, 1.807) is 0 Å². The minimum absolute atomic E-state index is 0.00767. The predicted octanol–water partition coefficient (Wildman–Crippen LogP) is 3.74. The highest BCUT2D eigenvalue weighted by atomic mass is 16.2. The van der Waals surface area contributed by atoms with Crippen LogP contribution in [0.1, 0.15) is 83.4 Å². The lowest BCUT2D eigenvalue weighted by atomic mass is 9.86. The number of nitrogens with zero attached hydrogens (tertiary/aromatic N) is 2. The molecule has 7 nitrogen and oxygen atoms in total. The van der Waals surface area contributed by atoms with E-state index < -0.39 is 0 Å². The van der Waals surface area contributed by atoms with E-state index in [1.807, 2.05) is 26.2 Å². The van der Waals surface area contributed by atoms with Crippen LogP contribution in [0, 0.1) is 5.92 Å². The molecule has 1 heterocycles. The maximum absolute atomic E-state index is 12.7. The quantitative estimate of drug-likeness (QED) is 0.324. The van der Waals surface area contributed by atoms with Gasteiger partial charge in [0.2, 0.25) is 11.8 Å². The standard InChI is InChI=1S/C29H47N5O2/c1-5-9-22-12-8-18-30-25(22)16-13-21(3)33-26(35)19-32-27(36)20-34(4)29(24-10-7-11-24)28(23-14-15-23)31-17-6-2/h8,12,18,21,23,28,31H,5-7,9-11,13-17,19-20H2,1-4H3,(H,32,36)(H,33,35). The highest BCUT2D eigenvalue weighted by Crippen LogP contribution is 2.40. The van der Waals surface area contributed by atoms with E-state index >= 15 is 0 Å². The van der Waals surface area contributed by atoms with Crippen molar-refractivity contribution < 1.29 is 9.59 Å². The zero-order valence-electron chi connectivity index (χ0n) is 22.9. The summed E-state index contributed by atoms with van der Waals surface area (Å²) in [7, 11) is 2.02. The van der Waals surface area contributed by atoms with Crippen LogP contribution >= 0.6 is 0 Å². The van der Waals surface area contributed by atoms with Crippen molar-refractivity contribution in [3.8, 4) is 0 Å². The van der Waals surface area contributed by atoms with Gasteiger partial charge in [0.15, 0.2) is 0 Å². The second-order valence-corrected chi connectivity index (χ2v) is 10.6. The van der Waals surface area contributed by atoms with Crippen molar-refractivity contribution in [2.75, 3.05) is 26.7 Å². The van der Waals surface area contributed by atoms with Gasteiger partial charge in [-0.05, 0) is 94.4 Å². The molecule has 0 aromatic carbocycles. The fourth-order valence-corrected chi connectivity index (χ4v) is 5.03. The minimum atomic E-state index is -0.147. The number of likely N-dealkylation sites (N-methyl/N-ethyl adjacent to an activating group) is 1. The van der Waals surface area contributed by atoms with Crippen molar-refractivity contribution in [2.24, 2.45) is 5.92 Å². The molecule has 2 atom stereocenters. The van der Waals surface area contributed by atoms with Gasteiger partial charge in [-0.3, -0.25) is 14.6 Å². The lowest BCUT2D eigenvalue weighted by Gasteiger charge is -2.35. The smallest absolute Gasteiger partial charge is 0.239 e. The number of carbonyl (C=O) groups is 2. The van der Waals surface area contributed by atoms with E-state index in [1.165, 1.54) is 36.1 Å². The number of amides is 2. The second-order valence-electron chi connectivity index (χ2n) is 10.6. The van der Waals surface area contributed by atoms with Crippen LogP contribution in [0.3, 0.4) is 0 Å². The summed E-state index contributed by atoms with van der Waals surface area (Å²) in [5, 5.41) is 9.59. The number of aryl methyl sites for hydroxylation is 2. The Morgan fingerprint density at radius 1 is 1.14 bits per heavy atom. The summed E-state index contributed by atoms with van der Waals surface area (Å²) in [4.78, 5) is 31.9. The topological polar surface area (TPSA) is 86.4 Å². The molecule has 2 fully saturated rings. The van der Waals surface area contributed by atoms with E-state index in [0.29, 0.717) is 12.0 Å².